The summed E-state index contributed by atoms with van der Waals surface area (Å²) in [6.45, 7) is 11.6. The summed E-state index contributed by atoms with van der Waals surface area (Å²) in [5, 5.41) is 11.3. The molecule has 0 spiro atoms. The van der Waals surface area contributed by atoms with Crippen molar-refractivity contribution in [3.63, 3.8) is 0 Å². The molecule has 2 aliphatic heterocycles. The zero-order chi connectivity index (χ0) is 46.4. The lowest BCUT2D eigenvalue weighted by Gasteiger charge is -2.32. The van der Waals surface area contributed by atoms with Crippen molar-refractivity contribution in [2.45, 2.75) is 44.7 Å². The maximum atomic E-state index is 12.2. The molecular weight excluding hydrogens is 845 g/mol. The van der Waals surface area contributed by atoms with Crippen LogP contribution in [0.3, 0.4) is 0 Å². The van der Waals surface area contributed by atoms with Crippen molar-refractivity contribution in [2.24, 2.45) is 0 Å². The van der Waals surface area contributed by atoms with Gasteiger partial charge in [0.25, 0.3) is 0 Å². The van der Waals surface area contributed by atoms with Crippen LogP contribution in [0.5, 0.6) is 23.0 Å². The van der Waals surface area contributed by atoms with E-state index in [9.17, 15) is 9.59 Å². The third-order valence-electron chi connectivity index (χ3n) is 11.9. The Labute approximate surface area is 387 Å². The van der Waals surface area contributed by atoms with E-state index in [1.807, 2.05) is 130 Å². The molecule has 4 aromatic carbocycles. The molecule has 2 amide bonds. The summed E-state index contributed by atoms with van der Waals surface area (Å²) < 4.78 is 15.6. The van der Waals surface area contributed by atoms with Crippen LogP contribution in [-0.4, -0.2) is 87.3 Å². The molecule has 8 aromatic rings. The van der Waals surface area contributed by atoms with Crippen LogP contribution >= 0.6 is 0 Å². The number of fused-ring (bicyclic) bond motifs is 2. The topological polar surface area (TPSA) is 198 Å². The molecule has 2 saturated heterocycles. The number of aromatic nitrogens is 8. The van der Waals surface area contributed by atoms with E-state index in [4.69, 9.17) is 31.1 Å². The summed E-state index contributed by atoms with van der Waals surface area (Å²) in [5.74, 6) is 4.21. The van der Waals surface area contributed by atoms with Gasteiger partial charge in [0.05, 0.1) is 22.9 Å². The SMILES string of the molecule is C=CC(=O)N1CCC[C@@H](n2nc(-c3ccc(Oc4ccccc4)cc3)c3c(N)nc(C)nc32)C1.C=CC(=O)N1CCC[C@@H](n2nc(-c3ccc(Oc4ccccc4)cc3)c3c(N)ncnc32)C1. The molecule has 67 heavy (non-hydrogen) atoms. The molecule has 338 valence electrons. The minimum Gasteiger partial charge on any atom is -0.457 e. The Morgan fingerprint density at radius 2 is 1.04 bits per heavy atom. The normalized spacial score (nSPS) is 16.0. The molecule has 0 unspecified atom stereocenters. The van der Waals surface area contributed by atoms with E-state index in [1.165, 1.54) is 18.5 Å². The van der Waals surface area contributed by atoms with Crippen molar-refractivity contribution < 1.29 is 19.1 Å². The Morgan fingerprint density at radius 1 is 0.597 bits per heavy atom. The van der Waals surface area contributed by atoms with Gasteiger partial charge in [0.15, 0.2) is 11.3 Å². The Hall–Kier alpha value is -8.40. The van der Waals surface area contributed by atoms with Crippen LogP contribution in [0.15, 0.2) is 141 Å². The van der Waals surface area contributed by atoms with E-state index < -0.39 is 0 Å². The summed E-state index contributed by atoms with van der Waals surface area (Å²) in [5.41, 5.74) is 17.2. The molecule has 0 aliphatic carbocycles. The van der Waals surface area contributed by atoms with Gasteiger partial charge in [-0.15, -0.1) is 0 Å². The van der Waals surface area contributed by atoms with Gasteiger partial charge in [0.1, 0.15) is 58.2 Å². The Kier molecular flexibility index (Phi) is 12.7. The molecular formula is C51H50N12O4. The van der Waals surface area contributed by atoms with Crippen molar-refractivity contribution in [2.75, 3.05) is 37.6 Å². The predicted octanol–water partition coefficient (Wildman–Crippen LogP) is 8.74. The lowest BCUT2D eigenvalue weighted by atomic mass is 10.1. The van der Waals surface area contributed by atoms with Gasteiger partial charge in [-0.05, 0) is 118 Å². The number of nitrogen functional groups attached to an aromatic ring is 2. The number of carbonyl (C=O) groups excluding carboxylic acids is 2. The van der Waals surface area contributed by atoms with Crippen molar-refractivity contribution in [1.29, 1.82) is 0 Å². The first-order valence-electron chi connectivity index (χ1n) is 22.2. The molecule has 10 rings (SSSR count). The smallest absolute Gasteiger partial charge is 0.246 e. The number of piperidine rings is 2. The first-order valence-corrected chi connectivity index (χ1v) is 22.2. The minimum atomic E-state index is -0.0699. The molecule has 2 fully saturated rings. The molecule has 6 heterocycles. The number of hydrogen-bond donors (Lipinski definition) is 2. The number of amides is 2. The monoisotopic (exact) mass is 894 g/mol. The number of anilines is 2. The van der Waals surface area contributed by atoms with Crippen molar-refractivity contribution >= 4 is 45.5 Å². The van der Waals surface area contributed by atoms with Crippen LogP contribution in [0.25, 0.3) is 44.6 Å². The maximum absolute atomic E-state index is 12.2. The van der Waals surface area contributed by atoms with Gasteiger partial charge in [0, 0.05) is 37.3 Å². The largest absolute Gasteiger partial charge is 0.457 e. The second-order valence-electron chi connectivity index (χ2n) is 16.3. The molecule has 2 atom stereocenters. The van der Waals surface area contributed by atoms with Crippen LogP contribution in [0.2, 0.25) is 0 Å². The molecule has 0 saturated carbocycles. The summed E-state index contributed by atoms with van der Waals surface area (Å²) in [7, 11) is 0. The highest BCUT2D eigenvalue weighted by Gasteiger charge is 2.30. The molecule has 0 bridgehead atoms. The lowest BCUT2D eigenvalue weighted by Crippen LogP contribution is -2.40. The van der Waals surface area contributed by atoms with Crippen LogP contribution in [-0.2, 0) is 9.59 Å². The van der Waals surface area contributed by atoms with Crippen molar-refractivity contribution in [1.82, 2.24) is 49.3 Å². The van der Waals surface area contributed by atoms with Gasteiger partial charge in [-0.25, -0.2) is 29.3 Å². The number of carbonyl (C=O) groups is 2. The fourth-order valence-electron chi connectivity index (χ4n) is 8.66. The molecule has 16 nitrogen and oxygen atoms in total. The Morgan fingerprint density at radius 3 is 1.52 bits per heavy atom. The van der Waals surface area contributed by atoms with E-state index in [1.54, 1.807) is 4.90 Å². The van der Waals surface area contributed by atoms with E-state index in [-0.39, 0.29) is 23.9 Å². The van der Waals surface area contributed by atoms with E-state index >= 15 is 0 Å². The summed E-state index contributed by atoms with van der Waals surface area (Å²) >= 11 is 0. The maximum Gasteiger partial charge on any atom is 0.246 e. The van der Waals surface area contributed by atoms with E-state index in [0.717, 1.165) is 65.2 Å². The third-order valence-corrected chi connectivity index (χ3v) is 11.9. The Bertz CT molecular complexity index is 3060. The second-order valence-corrected chi connectivity index (χ2v) is 16.3. The quantitative estimate of drug-likeness (QED) is 0.124. The molecule has 16 heteroatoms. The van der Waals surface area contributed by atoms with Crippen LogP contribution in [0.4, 0.5) is 11.6 Å². The van der Waals surface area contributed by atoms with Gasteiger partial charge >= 0.3 is 0 Å². The first kappa shape index (κ1) is 43.8. The molecule has 4 aromatic heterocycles. The van der Waals surface area contributed by atoms with Gasteiger partial charge in [-0.1, -0.05) is 49.6 Å². The fourth-order valence-corrected chi connectivity index (χ4v) is 8.66. The number of para-hydroxylation sites is 2. The molecule has 0 radical (unpaired) electrons. The van der Waals surface area contributed by atoms with Gasteiger partial charge < -0.3 is 30.7 Å². The van der Waals surface area contributed by atoms with E-state index in [0.29, 0.717) is 71.7 Å². The number of ether oxygens (including phenoxy) is 2. The van der Waals surface area contributed by atoms with Gasteiger partial charge in [0.2, 0.25) is 11.8 Å². The second kappa shape index (κ2) is 19.4. The average molecular weight is 895 g/mol. The van der Waals surface area contributed by atoms with Crippen molar-refractivity contribution in [3.8, 4) is 45.5 Å². The van der Waals surface area contributed by atoms with Crippen LogP contribution < -0.4 is 20.9 Å². The van der Waals surface area contributed by atoms with Gasteiger partial charge in [-0.3, -0.25) is 9.59 Å². The highest BCUT2D eigenvalue weighted by Crippen LogP contribution is 2.37. The third kappa shape index (κ3) is 9.40. The molecule has 4 N–H and O–H groups in total. The lowest BCUT2D eigenvalue weighted by molar-refractivity contribution is -0.128. The highest BCUT2D eigenvalue weighted by molar-refractivity contribution is 5.99. The number of nitrogens with zero attached hydrogens (tertiary/aromatic N) is 10. The zero-order valence-electron chi connectivity index (χ0n) is 37.1. The van der Waals surface area contributed by atoms with Crippen LogP contribution in [0.1, 0.15) is 43.6 Å². The number of nitrogens with two attached hydrogens (primary N) is 2. The first-order chi connectivity index (χ1) is 32.7. The summed E-state index contributed by atoms with van der Waals surface area (Å²) in [6, 6.07) is 34.7. The number of rotatable bonds is 10. The Balaban J connectivity index is 0.000000168. The summed E-state index contributed by atoms with van der Waals surface area (Å²) in [6.07, 6.45) is 7.71. The standard InChI is InChI=1S/C26H26N6O2.C25H24N6O2/c1-3-22(33)31-15-7-8-19(16-31)32-26-23(25(27)28-17(2)29-26)24(30-32)18-11-13-21(14-12-18)34-20-9-5-4-6-10-20;1-2-21(32)30-14-6-7-18(15-30)31-25-22(24(26)27-16-28-25)23(29-31)17-10-12-20(13-11-17)33-19-8-4-3-5-9-19/h3-6,9-14,19H,1,7-8,15-16H2,2H3,(H2,27,28,29);2-5,8-13,16,18H,1,6-7,14-15H2,(H2,26,27,28)/t19-;18-/m11/s1. The predicted molar refractivity (Wildman–Crippen MR) is 258 cm³/mol. The van der Waals surface area contributed by atoms with Crippen molar-refractivity contribution in [3.05, 3.63) is 147 Å². The van der Waals surface area contributed by atoms with E-state index in [2.05, 4.69) is 33.1 Å². The fraction of sp³-hybridized carbons (Fsp3) is 0.216. The van der Waals surface area contributed by atoms with Crippen LogP contribution in [0, 0.1) is 6.92 Å². The average Bonchev–Trinajstić information content (AvgIpc) is 3.96. The highest BCUT2D eigenvalue weighted by atomic mass is 16.5. The van der Waals surface area contributed by atoms with Gasteiger partial charge in [-0.2, -0.15) is 10.2 Å². The number of benzene rings is 4. The number of aryl methyl sites for hydroxylation is 1. The number of likely N-dealkylation sites (tertiary alicyclic amines) is 2. The zero-order valence-corrected chi connectivity index (χ0v) is 37.1. The minimum absolute atomic E-state index is 0.00566. The molecule has 2 aliphatic rings. The number of hydrogen-bond acceptors (Lipinski definition) is 12. The summed E-state index contributed by atoms with van der Waals surface area (Å²) in [4.78, 5) is 45.8.